The monoisotopic (exact) mass is 253 g/mol. The fourth-order valence-corrected chi connectivity index (χ4v) is 0.945. The molecule has 0 radical (unpaired) electrons. The molecule has 0 spiro atoms. The van der Waals surface area contributed by atoms with Crippen LogP contribution in [0.5, 0.6) is 5.75 Å². The standard InChI is InChI=1S/C8H4F5N3O/c9-3-4(10)6(12)8(7(13)5(3)11)17-2-1-15-16-14/h1-2H2. The van der Waals surface area contributed by atoms with Crippen LogP contribution >= 0.6 is 0 Å². The minimum atomic E-state index is -2.26. The van der Waals surface area contributed by atoms with E-state index in [4.69, 9.17) is 5.53 Å². The van der Waals surface area contributed by atoms with Crippen molar-refractivity contribution in [2.24, 2.45) is 5.11 Å². The van der Waals surface area contributed by atoms with Gasteiger partial charge in [0.05, 0.1) is 13.2 Å². The van der Waals surface area contributed by atoms with Crippen LogP contribution in [0.2, 0.25) is 0 Å². The van der Waals surface area contributed by atoms with Gasteiger partial charge in [0, 0.05) is 4.91 Å². The third kappa shape index (κ3) is 2.56. The van der Waals surface area contributed by atoms with Crippen molar-refractivity contribution in [3.05, 3.63) is 39.5 Å². The van der Waals surface area contributed by atoms with Crippen molar-refractivity contribution in [2.75, 3.05) is 13.2 Å². The Balaban J connectivity index is 3.03. The Morgan fingerprint density at radius 2 is 1.41 bits per heavy atom. The van der Waals surface area contributed by atoms with Gasteiger partial charge in [-0.2, -0.15) is 8.78 Å². The summed E-state index contributed by atoms with van der Waals surface area (Å²) in [6.07, 6.45) is 0. The molecule has 1 rings (SSSR count). The molecule has 17 heavy (non-hydrogen) atoms. The van der Waals surface area contributed by atoms with Crippen LogP contribution in [0.1, 0.15) is 0 Å². The van der Waals surface area contributed by atoms with Gasteiger partial charge in [-0.25, -0.2) is 13.2 Å². The maximum Gasteiger partial charge on any atom is 0.206 e. The van der Waals surface area contributed by atoms with Gasteiger partial charge >= 0.3 is 0 Å². The number of azide groups is 1. The second-order valence-corrected chi connectivity index (χ2v) is 2.70. The van der Waals surface area contributed by atoms with Gasteiger partial charge in [0.25, 0.3) is 0 Å². The Kier molecular flexibility index (Phi) is 4.11. The molecule has 0 saturated carbocycles. The number of ether oxygens (including phenoxy) is 1. The molecule has 0 unspecified atom stereocenters. The summed E-state index contributed by atoms with van der Waals surface area (Å²) in [7, 11) is 0. The van der Waals surface area contributed by atoms with Crippen LogP contribution in [0.4, 0.5) is 22.0 Å². The van der Waals surface area contributed by atoms with Gasteiger partial charge in [0.1, 0.15) is 0 Å². The summed E-state index contributed by atoms with van der Waals surface area (Å²) >= 11 is 0. The van der Waals surface area contributed by atoms with Crippen molar-refractivity contribution in [2.45, 2.75) is 0 Å². The van der Waals surface area contributed by atoms with E-state index in [1.165, 1.54) is 0 Å². The summed E-state index contributed by atoms with van der Waals surface area (Å²) in [6.45, 7) is -0.821. The predicted octanol–water partition coefficient (Wildman–Crippen LogP) is 3.07. The Labute approximate surface area is 91.2 Å². The molecule has 0 aliphatic carbocycles. The van der Waals surface area contributed by atoms with E-state index >= 15 is 0 Å². The molecule has 0 bridgehead atoms. The highest BCUT2D eigenvalue weighted by Crippen LogP contribution is 2.28. The van der Waals surface area contributed by atoms with Crippen LogP contribution in [-0.2, 0) is 0 Å². The molecule has 4 nitrogen and oxygen atoms in total. The fraction of sp³-hybridized carbons (Fsp3) is 0.250. The van der Waals surface area contributed by atoms with E-state index < -0.39 is 41.4 Å². The van der Waals surface area contributed by atoms with E-state index in [2.05, 4.69) is 14.8 Å². The molecule has 0 atom stereocenters. The zero-order valence-electron chi connectivity index (χ0n) is 8.05. The molecule has 0 fully saturated rings. The first kappa shape index (κ1) is 13.0. The molecule has 92 valence electrons. The molecule has 0 heterocycles. The molecule has 0 amide bonds. The third-order valence-electron chi connectivity index (χ3n) is 1.67. The maximum atomic E-state index is 13.0. The topological polar surface area (TPSA) is 58.0 Å². The minimum absolute atomic E-state index is 0.310. The molecule has 0 aliphatic rings. The lowest BCUT2D eigenvalue weighted by atomic mass is 10.2. The average Bonchev–Trinajstić information content (AvgIpc) is 2.33. The van der Waals surface area contributed by atoms with Crippen LogP contribution in [0.25, 0.3) is 10.4 Å². The Bertz CT molecular complexity index is 458. The van der Waals surface area contributed by atoms with Gasteiger partial charge in [-0.05, 0) is 5.53 Å². The highest BCUT2D eigenvalue weighted by atomic mass is 19.2. The zero-order chi connectivity index (χ0) is 13.0. The van der Waals surface area contributed by atoms with Gasteiger partial charge < -0.3 is 4.74 Å². The Hall–Kier alpha value is -2.02. The number of benzene rings is 1. The van der Waals surface area contributed by atoms with Gasteiger partial charge in [-0.3, -0.25) is 0 Å². The van der Waals surface area contributed by atoms with E-state index in [-0.39, 0.29) is 6.54 Å². The van der Waals surface area contributed by atoms with Crippen LogP contribution in [0, 0.1) is 29.1 Å². The first-order chi connectivity index (χ1) is 8.00. The van der Waals surface area contributed by atoms with E-state index in [0.717, 1.165) is 0 Å². The summed E-state index contributed by atoms with van der Waals surface area (Å²) in [4.78, 5) is 2.31. The molecule has 1 aromatic carbocycles. The summed E-state index contributed by atoms with van der Waals surface area (Å²) < 4.78 is 68.2. The van der Waals surface area contributed by atoms with Crippen molar-refractivity contribution >= 4 is 0 Å². The molecule has 0 N–H and O–H groups in total. The van der Waals surface area contributed by atoms with E-state index in [1.54, 1.807) is 0 Å². The fourth-order valence-electron chi connectivity index (χ4n) is 0.945. The predicted molar refractivity (Wildman–Crippen MR) is 45.7 cm³/mol. The lowest BCUT2D eigenvalue weighted by Gasteiger charge is -2.08. The number of hydrogen-bond donors (Lipinski definition) is 0. The summed E-state index contributed by atoms with van der Waals surface area (Å²) in [5.41, 5.74) is 7.88. The van der Waals surface area contributed by atoms with Crippen molar-refractivity contribution in [1.82, 2.24) is 0 Å². The van der Waals surface area contributed by atoms with Gasteiger partial charge in [-0.1, -0.05) is 5.11 Å². The number of nitrogens with zero attached hydrogens (tertiary/aromatic N) is 3. The van der Waals surface area contributed by atoms with Gasteiger partial charge in [0.15, 0.2) is 5.75 Å². The quantitative estimate of drug-likeness (QED) is 0.155. The lowest BCUT2D eigenvalue weighted by molar-refractivity contribution is 0.269. The molecular weight excluding hydrogens is 249 g/mol. The van der Waals surface area contributed by atoms with E-state index in [0.29, 0.717) is 0 Å². The SMILES string of the molecule is [N-]=[N+]=NCCOc1c(F)c(F)c(F)c(F)c1F. The number of rotatable bonds is 4. The van der Waals surface area contributed by atoms with Gasteiger partial charge in [0.2, 0.25) is 29.1 Å². The maximum absolute atomic E-state index is 13.0. The first-order valence-electron chi connectivity index (χ1n) is 4.15. The van der Waals surface area contributed by atoms with Crippen LogP contribution < -0.4 is 4.74 Å². The Morgan fingerprint density at radius 1 is 0.941 bits per heavy atom. The molecule has 0 aliphatic heterocycles. The van der Waals surface area contributed by atoms with Crippen LogP contribution in [0.15, 0.2) is 5.11 Å². The van der Waals surface area contributed by atoms with Gasteiger partial charge in [-0.15, -0.1) is 0 Å². The molecule has 0 saturated heterocycles. The van der Waals surface area contributed by atoms with Crippen LogP contribution in [0.3, 0.4) is 0 Å². The van der Waals surface area contributed by atoms with Crippen molar-refractivity contribution < 1.29 is 26.7 Å². The van der Waals surface area contributed by atoms with E-state index in [9.17, 15) is 22.0 Å². The molecule has 0 aromatic heterocycles. The van der Waals surface area contributed by atoms with Crippen molar-refractivity contribution in [1.29, 1.82) is 0 Å². The smallest absolute Gasteiger partial charge is 0.206 e. The molecular formula is C8H4F5N3O. The number of hydrogen-bond acceptors (Lipinski definition) is 2. The van der Waals surface area contributed by atoms with Crippen molar-refractivity contribution in [3.8, 4) is 5.75 Å². The summed E-state index contributed by atoms with van der Waals surface area (Å²) in [6, 6.07) is 0. The highest BCUT2D eigenvalue weighted by Gasteiger charge is 2.26. The van der Waals surface area contributed by atoms with E-state index in [1.807, 2.05) is 0 Å². The summed E-state index contributed by atoms with van der Waals surface area (Å²) in [5.74, 6) is -12.0. The number of halogens is 5. The Morgan fingerprint density at radius 3 is 1.88 bits per heavy atom. The molecule has 1 aromatic rings. The molecule has 9 heteroatoms. The lowest BCUT2D eigenvalue weighted by Crippen LogP contribution is -2.09. The highest BCUT2D eigenvalue weighted by molar-refractivity contribution is 5.29. The average molecular weight is 253 g/mol. The summed E-state index contributed by atoms with van der Waals surface area (Å²) in [5, 5.41) is 2.96. The normalized spacial score (nSPS) is 9.94. The third-order valence-corrected chi connectivity index (χ3v) is 1.67. The largest absolute Gasteiger partial charge is 0.487 e. The van der Waals surface area contributed by atoms with Crippen molar-refractivity contribution in [3.63, 3.8) is 0 Å². The minimum Gasteiger partial charge on any atom is -0.487 e. The second-order valence-electron chi connectivity index (χ2n) is 2.70. The zero-order valence-corrected chi connectivity index (χ0v) is 8.05. The second kappa shape index (κ2) is 5.35. The van der Waals surface area contributed by atoms with Crippen LogP contribution in [-0.4, -0.2) is 13.2 Å². The first-order valence-corrected chi connectivity index (χ1v) is 4.15.